The van der Waals surface area contributed by atoms with Crippen molar-refractivity contribution in [2.45, 2.75) is 70.3 Å². The molecular weight excluding hydrogens is 260 g/mol. The number of rotatable bonds is 5. The van der Waals surface area contributed by atoms with Crippen molar-refractivity contribution in [1.29, 1.82) is 0 Å². The summed E-state index contributed by atoms with van der Waals surface area (Å²) >= 11 is 0. The van der Waals surface area contributed by atoms with E-state index in [0.29, 0.717) is 17.7 Å². The van der Waals surface area contributed by atoms with Gasteiger partial charge in [-0.3, -0.25) is 9.69 Å². The van der Waals surface area contributed by atoms with Gasteiger partial charge in [0.1, 0.15) is 5.78 Å². The van der Waals surface area contributed by atoms with E-state index in [1.807, 2.05) is 0 Å². The Morgan fingerprint density at radius 3 is 2.43 bits per heavy atom. The molecule has 21 heavy (non-hydrogen) atoms. The van der Waals surface area contributed by atoms with E-state index in [4.69, 9.17) is 0 Å². The second-order valence-electron chi connectivity index (χ2n) is 7.32. The molecule has 1 saturated carbocycles. The van der Waals surface area contributed by atoms with Crippen molar-refractivity contribution in [2.75, 3.05) is 32.7 Å². The van der Waals surface area contributed by atoms with E-state index < -0.39 is 0 Å². The number of hydrogen-bond donors (Lipinski definition) is 0. The van der Waals surface area contributed by atoms with E-state index in [2.05, 4.69) is 9.80 Å². The van der Waals surface area contributed by atoms with Crippen LogP contribution in [-0.4, -0.2) is 54.3 Å². The molecule has 2 saturated heterocycles. The Bertz CT molecular complexity index is 338. The first-order valence-corrected chi connectivity index (χ1v) is 9.34. The summed E-state index contributed by atoms with van der Waals surface area (Å²) in [6.45, 7) is 6.33. The molecule has 3 heteroatoms. The van der Waals surface area contributed by atoms with Crippen LogP contribution < -0.4 is 0 Å². The minimum Gasteiger partial charge on any atom is -0.303 e. The van der Waals surface area contributed by atoms with Crippen LogP contribution in [0, 0.1) is 5.92 Å². The van der Waals surface area contributed by atoms with Crippen molar-refractivity contribution < 1.29 is 4.79 Å². The second kappa shape index (κ2) is 7.73. The monoisotopic (exact) mass is 292 g/mol. The second-order valence-corrected chi connectivity index (χ2v) is 7.32. The highest BCUT2D eigenvalue weighted by Gasteiger charge is 2.35. The maximum Gasteiger partial charge on any atom is 0.137 e. The fourth-order valence-corrected chi connectivity index (χ4v) is 4.67. The normalized spacial score (nSPS) is 32.7. The molecule has 0 bridgehead atoms. The van der Waals surface area contributed by atoms with Gasteiger partial charge in [0.05, 0.1) is 0 Å². The van der Waals surface area contributed by atoms with Crippen molar-refractivity contribution in [3.05, 3.63) is 0 Å². The third-order valence-electron chi connectivity index (χ3n) is 5.85. The van der Waals surface area contributed by atoms with Crippen LogP contribution >= 0.6 is 0 Å². The summed E-state index contributed by atoms with van der Waals surface area (Å²) in [6, 6.07) is 0.574. The Balaban J connectivity index is 1.49. The molecule has 0 spiro atoms. The number of nitrogens with zero attached hydrogens (tertiary/aromatic N) is 2. The van der Waals surface area contributed by atoms with Crippen LogP contribution in [0.5, 0.6) is 0 Å². The van der Waals surface area contributed by atoms with E-state index in [-0.39, 0.29) is 0 Å². The zero-order valence-corrected chi connectivity index (χ0v) is 13.6. The molecular formula is C18H32N2O. The van der Waals surface area contributed by atoms with Crippen LogP contribution in [0.25, 0.3) is 0 Å². The molecule has 0 N–H and O–H groups in total. The number of likely N-dealkylation sites (tertiary alicyclic amines) is 2. The fourth-order valence-electron chi connectivity index (χ4n) is 4.67. The van der Waals surface area contributed by atoms with E-state index in [0.717, 1.165) is 19.3 Å². The third kappa shape index (κ3) is 4.07. The van der Waals surface area contributed by atoms with E-state index in [1.165, 1.54) is 77.7 Å². The van der Waals surface area contributed by atoms with Gasteiger partial charge in [0.2, 0.25) is 0 Å². The molecule has 2 atom stereocenters. The lowest BCUT2D eigenvalue weighted by atomic mass is 9.79. The minimum absolute atomic E-state index is 0.367. The van der Waals surface area contributed by atoms with Gasteiger partial charge in [-0.25, -0.2) is 0 Å². The van der Waals surface area contributed by atoms with Gasteiger partial charge in [-0.2, -0.15) is 0 Å². The van der Waals surface area contributed by atoms with Crippen LogP contribution in [-0.2, 0) is 4.79 Å². The Morgan fingerprint density at radius 1 is 0.857 bits per heavy atom. The van der Waals surface area contributed by atoms with Gasteiger partial charge in [0.25, 0.3) is 0 Å². The number of carbonyl (C=O) groups excluding carboxylic acids is 1. The Labute approximate surface area is 130 Å². The van der Waals surface area contributed by atoms with Gasteiger partial charge in [-0.05, 0) is 77.7 Å². The topological polar surface area (TPSA) is 23.6 Å². The van der Waals surface area contributed by atoms with E-state index in [1.54, 1.807) is 0 Å². The Kier molecular flexibility index (Phi) is 5.70. The van der Waals surface area contributed by atoms with Gasteiger partial charge < -0.3 is 4.90 Å². The highest BCUT2D eigenvalue weighted by molar-refractivity contribution is 5.82. The number of piperidine rings is 1. The standard InChI is InChI=1S/C18H32N2O/c21-18-10-2-1-8-16(18)17-9-3-4-14-20(17)15-7-13-19-11-5-6-12-19/h16-17H,1-15H2. The molecule has 2 aliphatic heterocycles. The van der Waals surface area contributed by atoms with Crippen LogP contribution in [0.15, 0.2) is 0 Å². The summed E-state index contributed by atoms with van der Waals surface area (Å²) in [4.78, 5) is 17.6. The molecule has 0 aromatic heterocycles. The summed E-state index contributed by atoms with van der Waals surface area (Å²) in [5.74, 6) is 0.934. The smallest absolute Gasteiger partial charge is 0.137 e. The van der Waals surface area contributed by atoms with Gasteiger partial charge >= 0.3 is 0 Å². The molecule has 3 fully saturated rings. The maximum atomic E-state index is 12.3. The lowest BCUT2D eigenvalue weighted by Gasteiger charge is -2.41. The average Bonchev–Trinajstić information content (AvgIpc) is 3.02. The summed E-state index contributed by atoms with van der Waals surface area (Å²) < 4.78 is 0. The molecule has 0 aromatic rings. The molecule has 120 valence electrons. The summed E-state index contributed by atoms with van der Waals surface area (Å²) in [7, 11) is 0. The fraction of sp³-hybridized carbons (Fsp3) is 0.944. The summed E-state index contributed by atoms with van der Waals surface area (Å²) in [5.41, 5.74) is 0. The number of carbonyl (C=O) groups is 1. The molecule has 2 heterocycles. The van der Waals surface area contributed by atoms with Gasteiger partial charge in [-0.1, -0.05) is 12.8 Å². The lowest BCUT2D eigenvalue weighted by molar-refractivity contribution is -0.127. The molecule has 2 unspecified atom stereocenters. The lowest BCUT2D eigenvalue weighted by Crippen LogP contribution is -2.48. The van der Waals surface area contributed by atoms with Crippen molar-refractivity contribution in [3.8, 4) is 0 Å². The first kappa shape index (κ1) is 15.5. The quantitative estimate of drug-likeness (QED) is 0.778. The molecule has 0 radical (unpaired) electrons. The zero-order chi connectivity index (χ0) is 14.5. The van der Waals surface area contributed by atoms with E-state index >= 15 is 0 Å². The van der Waals surface area contributed by atoms with Crippen molar-refractivity contribution in [1.82, 2.24) is 9.80 Å². The van der Waals surface area contributed by atoms with Gasteiger partial charge in [-0.15, -0.1) is 0 Å². The van der Waals surface area contributed by atoms with Crippen LogP contribution in [0.2, 0.25) is 0 Å². The molecule has 3 rings (SSSR count). The van der Waals surface area contributed by atoms with Crippen LogP contribution in [0.4, 0.5) is 0 Å². The van der Waals surface area contributed by atoms with Gasteiger partial charge in [0, 0.05) is 18.4 Å². The highest BCUT2D eigenvalue weighted by Crippen LogP contribution is 2.31. The summed E-state index contributed by atoms with van der Waals surface area (Å²) in [5, 5.41) is 0. The number of hydrogen-bond acceptors (Lipinski definition) is 3. The van der Waals surface area contributed by atoms with Crippen LogP contribution in [0.1, 0.15) is 64.2 Å². The molecule has 1 aliphatic carbocycles. The first-order chi connectivity index (χ1) is 10.3. The molecule has 3 aliphatic rings. The van der Waals surface area contributed by atoms with E-state index in [9.17, 15) is 4.79 Å². The Hall–Kier alpha value is -0.410. The third-order valence-corrected chi connectivity index (χ3v) is 5.85. The average molecular weight is 292 g/mol. The Morgan fingerprint density at radius 2 is 1.62 bits per heavy atom. The van der Waals surface area contributed by atoms with Crippen molar-refractivity contribution >= 4 is 5.78 Å². The zero-order valence-electron chi connectivity index (χ0n) is 13.6. The molecule has 0 aromatic carbocycles. The molecule has 3 nitrogen and oxygen atoms in total. The summed E-state index contributed by atoms with van der Waals surface area (Å²) in [6.07, 6.45) is 12.4. The predicted octanol–water partition coefficient (Wildman–Crippen LogP) is 3.09. The first-order valence-electron chi connectivity index (χ1n) is 9.34. The van der Waals surface area contributed by atoms with Gasteiger partial charge in [0.15, 0.2) is 0 Å². The van der Waals surface area contributed by atoms with Crippen molar-refractivity contribution in [2.24, 2.45) is 5.92 Å². The number of Topliss-reactive ketones (excluding diaryl/α,β-unsaturated/α-hetero) is 1. The number of ketones is 1. The molecule has 0 amide bonds. The van der Waals surface area contributed by atoms with Crippen LogP contribution in [0.3, 0.4) is 0 Å². The minimum atomic E-state index is 0.367. The SMILES string of the molecule is O=C1CCCCC1C1CCCCN1CCCN1CCCC1. The largest absolute Gasteiger partial charge is 0.303 e. The highest BCUT2D eigenvalue weighted by atomic mass is 16.1. The maximum absolute atomic E-state index is 12.3. The van der Waals surface area contributed by atoms with Crippen molar-refractivity contribution in [3.63, 3.8) is 0 Å². The predicted molar refractivity (Wildman–Crippen MR) is 86.5 cm³/mol.